The summed E-state index contributed by atoms with van der Waals surface area (Å²) in [7, 11) is 1.72. The summed E-state index contributed by atoms with van der Waals surface area (Å²) in [5, 5.41) is 2.63. The lowest BCUT2D eigenvalue weighted by Crippen LogP contribution is -2.40. The van der Waals surface area contributed by atoms with Crippen molar-refractivity contribution in [3.8, 4) is 5.75 Å². The number of carbonyl (C=O) groups excluding carboxylic acids is 3. The second kappa shape index (κ2) is 8.21. The Balaban J connectivity index is 1.69. The van der Waals surface area contributed by atoms with Gasteiger partial charge in [-0.2, -0.15) is 0 Å². The fraction of sp³-hybridized carbons (Fsp3) is 0.526. The molecule has 1 saturated heterocycles. The number of aryl methyl sites for hydroxylation is 1. The Morgan fingerprint density at radius 1 is 1.31 bits per heavy atom. The number of urea groups is 1. The minimum absolute atomic E-state index is 0.0378. The number of carbonyl (C=O) groups is 3. The van der Waals surface area contributed by atoms with Crippen LogP contribution in [0.2, 0.25) is 0 Å². The molecule has 0 saturated carbocycles. The molecule has 2 rings (SSSR count). The van der Waals surface area contributed by atoms with Gasteiger partial charge in [0.1, 0.15) is 17.9 Å². The monoisotopic (exact) mass is 361 g/mol. The molecule has 0 aromatic heterocycles. The number of amides is 4. The third-order valence-corrected chi connectivity index (χ3v) is 4.33. The van der Waals surface area contributed by atoms with E-state index in [9.17, 15) is 14.4 Å². The Labute approximate surface area is 154 Å². The molecule has 1 aromatic rings. The lowest BCUT2D eigenvalue weighted by Gasteiger charge is -2.19. The molecular formula is C19H27N3O4. The van der Waals surface area contributed by atoms with Crippen molar-refractivity contribution in [3.63, 3.8) is 0 Å². The Kier molecular flexibility index (Phi) is 6.23. The van der Waals surface area contributed by atoms with Crippen LogP contribution in [0.5, 0.6) is 5.75 Å². The van der Waals surface area contributed by atoms with Crippen LogP contribution in [0, 0.1) is 6.92 Å². The maximum absolute atomic E-state index is 12.2. The molecule has 1 aromatic carbocycles. The van der Waals surface area contributed by atoms with Crippen molar-refractivity contribution in [1.82, 2.24) is 15.1 Å². The van der Waals surface area contributed by atoms with E-state index in [2.05, 4.69) is 5.32 Å². The molecule has 1 aliphatic rings. The molecule has 0 atom stereocenters. The SMILES string of the molecule is Cc1cccc(OCCN(C)C(=O)CCCN2C(=O)NC(C)(C)C2=O)c1. The number of rotatable bonds is 8. The average molecular weight is 361 g/mol. The molecule has 0 spiro atoms. The van der Waals surface area contributed by atoms with E-state index >= 15 is 0 Å². The van der Waals surface area contributed by atoms with Crippen molar-refractivity contribution in [2.45, 2.75) is 39.2 Å². The third-order valence-electron chi connectivity index (χ3n) is 4.33. The molecule has 1 heterocycles. The summed E-state index contributed by atoms with van der Waals surface area (Å²) < 4.78 is 5.64. The first-order chi connectivity index (χ1) is 12.2. The molecule has 1 aliphatic heterocycles. The van der Waals surface area contributed by atoms with E-state index in [1.165, 1.54) is 4.90 Å². The fourth-order valence-electron chi connectivity index (χ4n) is 2.73. The van der Waals surface area contributed by atoms with Crippen molar-refractivity contribution in [2.24, 2.45) is 0 Å². The average Bonchev–Trinajstić information content (AvgIpc) is 2.76. The van der Waals surface area contributed by atoms with Crippen LogP contribution in [-0.2, 0) is 9.59 Å². The molecule has 0 unspecified atom stereocenters. The predicted molar refractivity (Wildman–Crippen MR) is 97.9 cm³/mol. The number of nitrogens with one attached hydrogen (secondary N) is 1. The number of benzene rings is 1. The van der Waals surface area contributed by atoms with E-state index in [1.807, 2.05) is 31.2 Å². The van der Waals surface area contributed by atoms with Gasteiger partial charge in [0.15, 0.2) is 0 Å². The molecule has 1 N–H and O–H groups in total. The summed E-state index contributed by atoms with van der Waals surface area (Å²) in [4.78, 5) is 38.8. The molecule has 7 heteroatoms. The molecule has 7 nitrogen and oxygen atoms in total. The van der Waals surface area contributed by atoms with Crippen molar-refractivity contribution in [3.05, 3.63) is 29.8 Å². The number of likely N-dealkylation sites (N-methyl/N-ethyl adjacent to an activating group) is 1. The Morgan fingerprint density at radius 2 is 2.04 bits per heavy atom. The number of ether oxygens (including phenoxy) is 1. The van der Waals surface area contributed by atoms with Crippen molar-refractivity contribution in [2.75, 3.05) is 26.7 Å². The van der Waals surface area contributed by atoms with Crippen LogP contribution in [-0.4, -0.2) is 59.9 Å². The van der Waals surface area contributed by atoms with Crippen LogP contribution >= 0.6 is 0 Å². The molecule has 26 heavy (non-hydrogen) atoms. The minimum Gasteiger partial charge on any atom is -0.492 e. The van der Waals surface area contributed by atoms with Crippen LogP contribution in [0.25, 0.3) is 0 Å². The van der Waals surface area contributed by atoms with Crippen LogP contribution in [0.3, 0.4) is 0 Å². The van der Waals surface area contributed by atoms with E-state index in [0.29, 0.717) is 19.6 Å². The van der Waals surface area contributed by atoms with Crippen LogP contribution in [0.15, 0.2) is 24.3 Å². The summed E-state index contributed by atoms with van der Waals surface area (Å²) in [6, 6.07) is 7.36. The fourth-order valence-corrected chi connectivity index (χ4v) is 2.73. The number of hydrogen-bond acceptors (Lipinski definition) is 4. The lowest BCUT2D eigenvalue weighted by molar-refractivity contribution is -0.132. The summed E-state index contributed by atoms with van der Waals surface area (Å²) >= 11 is 0. The summed E-state index contributed by atoms with van der Waals surface area (Å²) in [6.07, 6.45) is 0.718. The molecule has 0 radical (unpaired) electrons. The van der Waals surface area contributed by atoms with E-state index < -0.39 is 11.6 Å². The van der Waals surface area contributed by atoms with E-state index in [-0.39, 0.29) is 24.8 Å². The molecule has 0 aliphatic carbocycles. The first-order valence-electron chi connectivity index (χ1n) is 8.78. The highest BCUT2D eigenvalue weighted by Gasteiger charge is 2.43. The van der Waals surface area contributed by atoms with E-state index in [0.717, 1.165) is 11.3 Å². The summed E-state index contributed by atoms with van der Waals surface area (Å²) in [6.45, 7) is 6.46. The van der Waals surface area contributed by atoms with Gasteiger partial charge in [0.25, 0.3) is 5.91 Å². The zero-order valence-corrected chi connectivity index (χ0v) is 15.9. The quantitative estimate of drug-likeness (QED) is 0.718. The zero-order chi connectivity index (χ0) is 19.3. The Hall–Kier alpha value is -2.57. The van der Waals surface area contributed by atoms with Gasteiger partial charge in [0, 0.05) is 20.0 Å². The van der Waals surface area contributed by atoms with Crippen molar-refractivity contribution < 1.29 is 19.1 Å². The van der Waals surface area contributed by atoms with Crippen molar-refractivity contribution in [1.29, 1.82) is 0 Å². The van der Waals surface area contributed by atoms with Gasteiger partial charge in [0.2, 0.25) is 5.91 Å². The topological polar surface area (TPSA) is 79.0 Å². The largest absolute Gasteiger partial charge is 0.492 e. The second-order valence-electron chi connectivity index (χ2n) is 7.10. The number of hydrogen-bond donors (Lipinski definition) is 1. The standard InChI is InChI=1S/C19H27N3O4/c1-14-7-5-8-15(13-14)26-12-11-21(4)16(23)9-6-10-22-17(24)19(2,3)20-18(22)25/h5,7-8,13H,6,9-12H2,1-4H3,(H,20,25). The highest BCUT2D eigenvalue weighted by molar-refractivity contribution is 6.06. The Morgan fingerprint density at radius 3 is 2.65 bits per heavy atom. The normalized spacial score (nSPS) is 15.8. The second-order valence-corrected chi connectivity index (χ2v) is 7.10. The van der Waals surface area contributed by atoms with Gasteiger partial charge in [0.05, 0.1) is 6.54 Å². The highest BCUT2D eigenvalue weighted by atomic mass is 16.5. The summed E-state index contributed by atoms with van der Waals surface area (Å²) in [5.41, 5.74) is 0.251. The number of nitrogens with zero attached hydrogens (tertiary/aromatic N) is 2. The zero-order valence-electron chi connectivity index (χ0n) is 15.9. The van der Waals surface area contributed by atoms with Gasteiger partial charge < -0.3 is 15.0 Å². The third kappa shape index (κ3) is 4.97. The molecular weight excluding hydrogens is 334 g/mol. The molecule has 1 fully saturated rings. The first kappa shape index (κ1) is 19.8. The van der Waals surface area contributed by atoms with E-state index in [4.69, 9.17) is 4.74 Å². The van der Waals surface area contributed by atoms with Gasteiger partial charge in [-0.1, -0.05) is 12.1 Å². The van der Waals surface area contributed by atoms with Gasteiger partial charge >= 0.3 is 6.03 Å². The number of imide groups is 1. The van der Waals surface area contributed by atoms with Crippen LogP contribution < -0.4 is 10.1 Å². The summed E-state index contributed by atoms with van der Waals surface area (Å²) in [5.74, 6) is 0.492. The maximum Gasteiger partial charge on any atom is 0.325 e. The van der Waals surface area contributed by atoms with Gasteiger partial charge in [-0.15, -0.1) is 0 Å². The van der Waals surface area contributed by atoms with Gasteiger partial charge in [-0.3, -0.25) is 14.5 Å². The van der Waals surface area contributed by atoms with Gasteiger partial charge in [-0.05, 0) is 44.9 Å². The smallest absolute Gasteiger partial charge is 0.325 e. The van der Waals surface area contributed by atoms with Crippen molar-refractivity contribution >= 4 is 17.8 Å². The highest BCUT2D eigenvalue weighted by Crippen LogP contribution is 2.17. The molecule has 4 amide bonds. The minimum atomic E-state index is -0.870. The predicted octanol–water partition coefficient (Wildman–Crippen LogP) is 1.94. The maximum atomic E-state index is 12.2. The van der Waals surface area contributed by atoms with E-state index in [1.54, 1.807) is 25.8 Å². The Bertz CT molecular complexity index is 687. The van der Waals surface area contributed by atoms with Crippen LogP contribution in [0.1, 0.15) is 32.3 Å². The lowest BCUT2D eigenvalue weighted by atomic mass is 10.1. The van der Waals surface area contributed by atoms with Gasteiger partial charge in [-0.25, -0.2) is 4.79 Å². The molecule has 0 bridgehead atoms. The first-order valence-corrected chi connectivity index (χ1v) is 8.78. The molecule has 142 valence electrons. The van der Waals surface area contributed by atoms with Crippen LogP contribution in [0.4, 0.5) is 4.79 Å².